The summed E-state index contributed by atoms with van der Waals surface area (Å²) in [5, 5.41) is 16.2. The zero-order valence-electron chi connectivity index (χ0n) is 23.2. The SMILES string of the molecule is CC(C)c1ccc(NC(=O)C(Sc2ccc(NC(=O)c3cccc4cccc(C(=O)O)c34)cc2)c2ccccc2)cc1. The third kappa shape index (κ3) is 6.53. The second-order valence-electron chi connectivity index (χ2n) is 10.2. The van der Waals surface area contributed by atoms with Crippen LogP contribution in [-0.4, -0.2) is 22.9 Å². The third-order valence-corrected chi connectivity index (χ3v) is 8.20. The number of hydrogen-bond acceptors (Lipinski definition) is 4. The molecule has 42 heavy (non-hydrogen) atoms. The van der Waals surface area contributed by atoms with E-state index in [-0.39, 0.29) is 17.0 Å². The number of anilines is 2. The molecule has 5 aromatic carbocycles. The van der Waals surface area contributed by atoms with Gasteiger partial charge in [0.25, 0.3) is 5.91 Å². The summed E-state index contributed by atoms with van der Waals surface area (Å²) in [5.41, 5.74) is 3.74. The zero-order valence-corrected chi connectivity index (χ0v) is 24.0. The average Bonchev–Trinajstić information content (AvgIpc) is 3.00. The van der Waals surface area contributed by atoms with Gasteiger partial charge in [0.15, 0.2) is 0 Å². The highest BCUT2D eigenvalue weighted by molar-refractivity contribution is 8.00. The molecule has 0 bridgehead atoms. The van der Waals surface area contributed by atoms with E-state index in [2.05, 4.69) is 24.5 Å². The van der Waals surface area contributed by atoms with Gasteiger partial charge >= 0.3 is 5.97 Å². The fourth-order valence-corrected chi connectivity index (χ4v) is 5.74. The molecule has 7 heteroatoms. The van der Waals surface area contributed by atoms with E-state index in [1.807, 2.05) is 66.7 Å². The van der Waals surface area contributed by atoms with Gasteiger partial charge in [-0.1, -0.05) is 80.6 Å². The Labute approximate surface area is 248 Å². The summed E-state index contributed by atoms with van der Waals surface area (Å²) in [6.07, 6.45) is 0. The third-order valence-electron chi connectivity index (χ3n) is 6.93. The Balaban J connectivity index is 1.33. The van der Waals surface area contributed by atoms with E-state index in [9.17, 15) is 19.5 Å². The summed E-state index contributed by atoms with van der Waals surface area (Å²) in [4.78, 5) is 39.3. The number of aromatic carboxylic acids is 1. The van der Waals surface area contributed by atoms with E-state index in [0.29, 0.717) is 22.4 Å². The molecule has 0 saturated carbocycles. The molecule has 210 valence electrons. The molecule has 2 amide bonds. The monoisotopic (exact) mass is 574 g/mol. The number of rotatable bonds is 9. The van der Waals surface area contributed by atoms with Crippen molar-refractivity contribution in [3.8, 4) is 0 Å². The van der Waals surface area contributed by atoms with Crippen molar-refractivity contribution in [2.75, 3.05) is 10.6 Å². The smallest absolute Gasteiger partial charge is 0.336 e. The van der Waals surface area contributed by atoms with Gasteiger partial charge in [0.1, 0.15) is 5.25 Å². The minimum Gasteiger partial charge on any atom is -0.478 e. The maximum atomic E-state index is 13.5. The Hall–Kier alpha value is -4.88. The van der Waals surface area contributed by atoms with Gasteiger partial charge in [0.2, 0.25) is 5.91 Å². The molecule has 5 aromatic rings. The molecule has 1 atom stereocenters. The molecule has 0 spiro atoms. The molecule has 1 unspecified atom stereocenters. The van der Waals surface area contributed by atoms with Crippen molar-refractivity contribution in [1.82, 2.24) is 0 Å². The van der Waals surface area contributed by atoms with Crippen LogP contribution in [-0.2, 0) is 4.79 Å². The standard InChI is InChI=1S/C35H30N2O4S/c1-22(2)23-14-16-26(17-15-23)37-34(39)32(25-8-4-3-5-9-25)42-28-20-18-27(19-21-28)36-33(38)29-12-6-10-24-11-7-13-30(31(24)29)35(40)41/h3-22,32H,1-2H3,(H,36,38)(H,37,39)(H,40,41). The average molecular weight is 575 g/mol. The number of carboxylic acid groups (broad SMARTS) is 1. The summed E-state index contributed by atoms with van der Waals surface area (Å²) >= 11 is 1.42. The first-order valence-electron chi connectivity index (χ1n) is 13.6. The molecule has 0 aliphatic heterocycles. The largest absolute Gasteiger partial charge is 0.478 e. The van der Waals surface area contributed by atoms with E-state index in [0.717, 1.165) is 16.1 Å². The van der Waals surface area contributed by atoms with Gasteiger partial charge < -0.3 is 15.7 Å². The summed E-state index contributed by atoms with van der Waals surface area (Å²) in [5.74, 6) is -1.22. The minimum absolute atomic E-state index is 0.0751. The van der Waals surface area contributed by atoms with Crippen LogP contribution in [0.2, 0.25) is 0 Å². The van der Waals surface area contributed by atoms with Crippen LogP contribution in [0.25, 0.3) is 10.8 Å². The normalized spacial score (nSPS) is 11.7. The first kappa shape index (κ1) is 28.6. The van der Waals surface area contributed by atoms with E-state index >= 15 is 0 Å². The Morgan fingerprint density at radius 3 is 1.86 bits per heavy atom. The number of benzene rings is 5. The number of carbonyl (C=O) groups is 3. The predicted molar refractivity (Wildman–Crippen MR) is 170 cm³/mol. The van der Waals surface area contributed by atoms with Crippen LogP contribution in [0, 0.1) is 0 Å². The molecule has 3 N–H and O–H groups in total. The second-order valence-corrected chi connectivity index (χ2v) is 11.3. The van der Waals surface area contributed by atoms with Crippen LogP contribution in [0.1, 0.15) is 56.9 Å². The van der Waals surface area contributed by atoms with Crippen LogP contribution >= 0.6 is 11.8 Å². The summed E-state index contributed by atoms with van der Waals surface area (Å²) in [6.45, 7) is 4.26. The second kappa shape index (κ2) is 12.7. The Morgan fingerprint density at radius 1 is 0.643 bits per heavy atom. The van der Waals surface area contributed by atoms with Crippen molar-refractivity contribution in [3.05, 3.63) is 138 Å². The number of nitrogens with one attached hydrogen (secondary N) is 2. The van der Waals surface area contributed by atoms with Gasteiger partial charge in [0, 0.05) is 27.2 Å². The highest BCUT2D eigenvalue weighted by Gasteiger charge is 2.23. The van der Waals surface area contributed by atoms with Gasteiger partial charge in [-0.05, 0) is 71.0 Å². The Bertz CT molecular complexity index is 1730. The fourth-order valence-electron chi connectivity index (χ4n) is 4.72. The van der Waals surface area contributed by atoms with E-state index in [1.54, 1.807) is 42.5 Å². The number of carboxylic acids is 1. The Kier molecular flexibility index (Phi) is 8.69. The predicted octanol–water partition coefficient (Wildman–Crippen LogP) is 8.39. The van der Waals surface area contributed by atoms with E-state index < -0.39 is 17.1 Å². The van der Waals surface area contributed by atoms with Crippen LogP contribution < -0.4 is 10.6 Å². The molecule has 5 rings (SSSR count). The van der Waals surface area contributed by atoms with Crippen molar-refractivity contribution in [2.45, 2.75) is 29.9 Å². The number of fused-ring (bicyclic) bond motifs is 1. The van der Waals surface area contributed by atoms with Crippen LogP contribution in [0.5, 0.6) is 0 Å². The van der Waals surface area contributed by atoms with Crippen molar-refractivity contribution in [2.24, 2.45) is 0 Å². The molecule has 0 aromatic heterocycles. The highest BCUT2D eigenvalue weighted by atomic mass is 32.2. The van der Waals surface area contributed by atoms with Crippen LogP contribution in [0.3, 0.4) is 0 Å². The van der Waals surface area contributed by atoms with Gasteiger partial charge in [-0.25, -0.2) is 4.79 Å². The van der Waals surface area contributed by atoms with Crippen LogP contribution in [0.4, 0.5) is 11.4 Å². The van der Waals surface area contributed by atoms with Crippen molar-refractivity contribution >= 4 is 51.7 Å². The highest BCUT2D eigenvalue weighted by Crippen LogP contribution is 2.37. The van der Waals surface area contributed by atoms with Crippen molar-refractivity contribution < 1.29 is 19.5 Å². The molecule has 0 radical (unpaired) electrons. The lowest BCUT2D eigenvalue weighted by Gasteiger charge is -2.18. The lowest BCUT2D eigenvalue weighted by Crippen LogP contribution is -2.19. The summed E-state index contributed by atoms with van der Waals surface area (Å²) < 4.78 is 0. The first-order valence-corrected chi connectivity index (χ1v) is 14.5. The maximum absolute atomic E-state index is 13.5. The van der Waals surface area contributed by atoms with Gasteiger partial charge in [0.05, 0.1) is 5.56 Å². The van der Waals surface area contributed by atoms with Gasteiger partial charge in [-0.3, -0.25) is 9.59 Å². The maximum Gasteiger partial charge on any atom is 0.336 e. The first-order chi connectivity index (χ1) is 20.3. The number of thioether (sulfide) groups is 1. The van der Waals surface area contributed by atoms with E-state index in [4.69, 9.17) is 0 Å². The molecular weight excluding hydrogens is 544 g/mol. The number of amides is 2. The number of hydrogen-bond donors (Lipinski definition) is 3. The molecule has 6 nitrogen and oxygen atoms in total. The van der Waals surface area contributed by atoms with Gasteiger partial charge in [-0.2, -0.15) is 0 Å². The summed E-state index contributed by atoms with van der Waals surface area (Å²) in [6, 6.07) is 34.8. The molecule has 0 aliphatic carbocycles. The Morgan fingerprint density at radius 2 is 1.24 bits per heavy atom. The summed E-state index contributed by atoms with van der Waals surface area (Å²) in [7, 11) is 0. The lowest BCUT2D eigenvalue weighted by atomic mass is 9.98. The molecular formula is C35H30N2O4S. The van der Waals surface area contributed by atoms with Crippen molar-refractivity contribution in [3.63, 3.8) is 0 Å². The quantitative estimate of drug-likeness (QED) is 0.154. The number of carbonyl (C=O) groups excluding carboxylic acids is 2. The molecule has 0 saturated heterocycles. The molecule has 0 heterocycles. The topological polar surface area (TPSA) is 95.5 Å². The van der Waals surface area contributed by atoms with Gasteiger partial charge in [-0.15, -0.1) is 11.8 Å². The van der Waals surface area contributed by atoms with E-state index in [1.165, 1.54) is 23.4 Å². The van der Waals surface area contributed by atoms with Crippen LogP contribution in [0.15, 0.2) is 120 Å². The lowest BCUT2D eigenvalue weighted by molar-refractivity contribution is -0.115. The molecule has 0 fully saturated rings. The van der Waals surface area contributed by atoms with Crippen molar-refractivity contribution in [1.29, 1.82) is 0 Å². The fraction of sp³-hybridized carbons (Fsp3) is 0.114. The minimum atomic E-state index is -1.09. The zero-order chi connectivity index (χ0) is 29.6. The molecule has 0 aliphatic rings.